The number of nitrogens with zero attached hydrogens (tertiary/aromatic N) is 3. The fourth-order valence-corrected chi connectivity index (χ4v) is 3.98. The number of halogens is 1. The highest BCUT2D eigenvalue weighted by Crippen LogP contribution is 2.39. The monoisotopic (exact) mass is 338 g/mol. The van der Waals surface area contributed by atoms with Crippen molar-refractivity contribution in [3.63, 3.8) is 0 Å². The number of alkyl halides is 1. The van der Waals surface area contributed by atoms with Gasteiger partial charge in [-0.3, -0.25) is 0 Å². The number of aromatic nitrogens is 3. The number of hydrogen-bond donors (Lipinski definition) is 1. The zero-order chi connectivity index (χ0) is 16.8. The van der Waals surface area contributed by atoms with Crippen LogP contribution in [0.5, 0.6) is 0 Å². The van der Waals surface area contributed by atoms with E-state index in [1.807, 2.05) is 30.3 Å². The van der Waals surface area contributed by atoms with Crippen LogP contribution in [0.3, 0.4) is 0 Å². The van der Waals surface area contributed by atoms with Gasteiger partial charge in [0.1, 0.15) is 0 Å². The third-order valence-corrected chi connectivity index (χ3v) is 5.04. The second-order valence-electron chi connectivity index (χ2n) is 6.68. The van der Waals surface area contributed by atoms with Crippen LogP contribution in [0.4, 0.5) is 4.39 Å². The third kappa shape index (κ3) is 3.13. The van der Waals surface area contributed by atoms with Gasteiger partial charge in [0, 0.05) is 12.0 Å². The molecule has 2 atom stereocenters. The van der Waals surface area contributed by atoms with Crippen molar-refractivity contribution in [2.24, 2.45) is 0 Å². The van der Waals surface area contributed by atoms with Gasteiger partial charge >= 0.3 is 0 Å². The lowest BCUT2D eigenvalue weighted by atomic mass is 10.0. The van der Waals surface area contributed by atoms with Crippen LogP contribution in [0.2, 0.25) is 0 Å². The number of benzene rings is 1. The summed E-state index contributed by atoms with van der Waals surface area (Å²) in [4.78, 5) is 3.93. The predicted molar refractivity (Wildman–Crippen MR) is 83.1 cm³/mol. The maximum atomic E-state index is 14.3. The summed E-state index contributed by atoms with van der Waals surface area (Å²) >= 11 is 0. The van der Waals surface area contributed by atoms with E-state index in [-0.39, 0.29) is 23.4 Å². The fraction of sp³-hybridized carbons (Fsp3) is 0.467. The van der Waals surface area contributed by atoms with Crippen molar-refractivity contribution in [2.75, 3.05) is 0 Å². The summed E-state index contributed by atoms with van der Waals surface area (Å²) in [6, 6.07) is 8.99. The number of sulfonamides is 1. The highest BCUT2D eigenvalue weighted by Gasteiger charge is 2.38. The summed E-state index contributed by atoms with van der Waals surface area (Å²) in [6.07, 6.45) is -1.11. The minimum atomic E-state index is -3.88. The molecule has 23 heavy (non-hydrogen) atoms. The zero-order valence-electron chi connectivity index (χ0n) is 13.2. The highest BCUT2D eigenvalue weighted by atomic mass is 32.2. The first-order valence-corrected chi connectivity index (χ1v) is 8.85. The average Bonchev–Trinajstić information content (AvgIpc) is 2.99. The lowest BCUT2D eigenvalue weighted by Crippen LogP contribution is -2.41. The number of fused-ring (bicyclic) bond motifs is 1. The minimum absolute atomic E-state index is 0.0631. The van der Waals surface area contributed by atoms with Crippen molar-refractivity contribution < 1.29 is 12.8 Å². The van der Waals surface area contributed by atoms with Crippen molar-refractivity contribution in [1.29, 1.82) is 0 Å². The molecule has 0 spiro atoms. The normalized spacial score (nSPS) is 21.4. The molecular weight excluding hydrogens is 319 g/mol. The van der Waals surface area contributed by atoms with E-state index in [0.717, 1.165) is 5.56 Å². The quantitative estimate of drug-likeness (QED) is 0.932. The maximum Gasteiger partial charge on any atom is 0.282 e. The number of nitrogens with one attached hydrogen (secondary N) is 1. The minimum Gasteiger partial charge on any atom is -0.239 e. The summed E-state index contributed by atoms with van der Waals surface area (Å²) in [7, 11) is -3.88. The molecule has 8 heteroatoms. The van der Waals surface area contributed by atoms with Crippen LogP contribution in [0, 0.1) is 0 Å². The van der Waals surface area contributed by atoms with E-state index in [9.17, 15) is 12.8 Å². The van der Waals surface area contributed by atoms with Crippen molar-refractivity contribution >= 4 is 10.0 Å². The van der Waals surface area contributed by atoms with E-state index in [1.54, 1.807) is 20.8 Å². The standard InChI is InChI=1S/C15H19FN4O2S/c1-15(2,3)19-23(21,22)14-17-13-11(16)9-12(20(13)18-14)10-7-5-4-6-8-10/h4-8,11-12,19H,9H2,1-3H3/t11-,12-/m0/s1. The van der Waals surface area contributed by atoms with Crippen molar-refractivity contribution in [3.8, 4) is 0 Å². The summed E-state index contributed by atoms with van der Waals surface area (Å²) in [5, 5.41) is 3.69. The topological polar surface area (TPSA) is 76.9 Å². The molecule has 0 saturated heterocycles. The lowest BCUT2D eigenvalue weighted by molar-refractivity contribution is 0.326. The van der Waals surface area contributed by atoms with Crippen LogP contribution in [0.15, 0.2) is 35.5 Å². The molecule has 1 N–H and O–H groups in total. The Morgan fingerprint density at radius 3 is 2.52 bits per heavy atom. The van der Waals surface area contributed by atoms with Gasteiger partial charge in [-0.1, -0.05) is 30.3 Å². The molecule has 1 aliphatic heterocycles. The molecular formula is C15H19FN4O2S. The fourth-order valence-electron chi connectivity index (χ4n) is 2.67. The van der Waals surface area contributed by atoms with Gasteiger partial charge < -0.3 is 0 Å². The molecule has 0 aliphatic carbocycles. The summed E-state index contributed by atoms with van der Waals surface area (Å²) in [5.41, 5.74) is 0.217. The van der Waals surface area contributed by atoms with E-state index in [1.165, 1.54) is 4.68 Å². The highest BCUT2D eigenvalue weighted by molar-refractivity contribution is 7.89. The molecule has 0 fully saturated rings. The van der Waals surface area contributed by atoms with Gasteiger partial charge in [-0.15, -0.1) is 5.10 Å². The first kappa shape index (κ1) is 16.1. The molecule has 0 bridgehead atoms. The van der Waals surface area contributed by atoms with Crippen LogP contribution in [0.1, 0.15) is 50.8 Å². The first-order chi connectivity index (χ1) is 10.7. The van der Waals surface area contributed by atoms with Gasteiger partial charge in [0.15, 0.2) is 12.0 Å². The Balaban J connectivity index is 2.00. The van der Waals surface area contributed by atoms with E-state index in [0.29, 0.717) is 0 Å². The molecule has 124 valence electrons. The zero-order valence-corrected chi connectivity index (χ0v) is 14.0. The third-order valence-electron chi connectivity index (χ3n) is 3.51. The summed E-state index contributed by atoms with van der Waals surface area (Å²) in [6.45, 7) is 5.16. The molecule has 3 rings (SSSR count). The van der Waals surface area contributed by atoms with Gasteiger partial charge in [0.05, 0.1) is 6.04 Å². The second kappa shape index (κ2) is 5.38. The average molecular weight is 338 g/mol. The van der Waals surface area contributed by atoms with E-state index >= 15 is 0 Å². The molecule has 1 aromatic carbocycles. The predicted octanol–water partition coefficient (Wildman–Crippen LogP) is 2.36. The maximum absolute atomic E-state index is 14.3. The first-order valence-electron chi connectivity index (χ1n) is 7.37. The Morgan fingerprint density at radius 1 is 1.26 bits per heavy atom. The molecule has 2 heterocycles. The Labute approximate surface area is 134 Å². The molecule has 6 nitrogen and oxygen atoms in total. The lowest BCUT2D eigenvalue weighted by Gasteiger charge is -2.18. The Bertz CT molecular complexity index is 812. The molecule has 2 aromatic rings. The Kier molecular flexibility index (Phi) is 3.76. The van der Waals surface area contributed by atoms with Gasteiger partial charge in [-0.25, -0.2) is 22.2 Å². The molecule has 0 unspecified atom stereocenters. The van der Waals surface area contributed by atoms with Crippen molar-refractivity contribution in [3.05, 3.63) is 41.7 Å². The number of hydrogen-bond acceptors (Lipinski definition) is 4. The van der Waals surface area contributed by atoms with E-state index in [4.69, 9.17) is 0 Å². The van der Waals surface area contributed by atoms with Gasteiger partial charge in [-0.2, -0.15) is 4.98 Å². The van der Waals surface area contributed by atoms with Gasteiger partial charge in [0.25, 0.3) is 15.2 Å². The van der Waals surface area contributed by atoms with E-state index in [2.05, 4.69) is 14.8 Å². The molecule has 1 aromatic heterocycles. The SMILES string of the molecule is CC(C)(C)NS(=O)(=O)c1nc2n(n1)[C@H](c1ccccc1)C[C@@H]2F. The Hall–Kier alpha value is -1.80. The van der Waals surface area contributed by atoms with Crippen LogP contribution in [-0.2, 0) is 10.0 Å². The summed E-state index contributed by atoms with van der Waals surface area (Å²) < 4.78 is 42.8. The van der Waals surface area contributed by atoms with Gasteiger partial charge in [-0.05, 0) is 26.3 Å². The van der Waals surface area contributed by atoms with Crippen LogP contribution >= 0.6 is 0 Å². The number of rotatable bonds is 3. The van der Waals surface area contributed by atoms with Gasteiger partial charge in [0.2, 0.25) is 0 Å². The molecule has 1 aliphatic rings. The smallest absolute Gasteiger partial charge is 0.239 e. The Morgan fingerprint density at radius 2 is 1.91 bits per heavy atom. The summed E-state index contributed by atoms with van der Waals surface area (Å²) in [5.74, 6) is 0.0631. The van der Waals surface area contributed by atoms with Crippen molar-refractivity contribution in [1.82, 2.24) is 19.5 Å². The van der Waals surface area contributed by atoms with Crippen molar-refractivity contribution in [2.45, 2.75) is 50.1 Å². The van der Waals surface area contributed by atoms with Crippen LogP contribution < -0.4 is 4.72 Å². The van der Waals surface area contributed by atoms with E-state index < -0.39 is 21.7 Å². The molecule has 0 saturated carbocycles. The largest absolute Gasteiger partial charge is 0.282 e. The molecule has 0 amide bonds. The second-order valence-corrected chi connectivity index (χ2v) is 8.26. The van der Waals surface area contributed by atoms with Crippen LogP contribution in [-0.4, -0.2) is 28.7 Å². The van der Waals surface area contributed by atoms with Crippen LogP contribution in [0.25, 0.3) is 0 Å². The molecule has 0 radical (unpaired) electrons.